The van der Waals surface area contributed by atoms with E-state index < -0.39 is 0 Å². The SMILES string of the molecule is CCOc1cccn2c(C(=O)C[C@@H](CO)c3ccsc3)c(C)nc12.Cl. The number of pyridine rings is 1. The molecule has 0 spiro atoms. The van der Waals surface area contributed by atoms with Crippen LogP contribution in [0.5, 0.6) is 5.75 Å². The number of carbonyl (C=O) groups is 1. The summed E-state index contributed by atoms with van der Waals surface area (Å²) in [5.74, 6) is 0.446. The van der Waals surface area contributed by atoms with E-state index in [1.165, 1.54) is 0 Å². The molecule has 0 amide bonds. The number of aromatic nitrogens is 2. The molecule has 0 unspecified atom stereocenters. The highest BCUT2D eigenvalue weighted by atomic mass is 35.5. The molecule has 0 aliphatic carbocycles. The molecule has 3 rings (SSSR count). The van der Waals surface area contributed by atoms with Gasteiger partial charge in [-0.1, -0.05) is 0 Å². The number of aryl methyl sites for hydroxylation is 1. The van der Waals surface area contributed by atoms with Crippen molar-refractivity contribution in [3.63, 3.8) is 0 Å². The first-order valence-electron chi connectivity index (χ1n) is 7.92. The third-order valence-electron chi connectivity index (χ3n) is 4.02. The maximum atomic E-state index is 12.9. The lowest BCUT2D eigenvalue weighted by atomic mass is 9.95. The van der Waals surface area contributed by atoms with Crippen LogP contribution in [-0.4, -0.2) is 33.5 Å². The van der Waals surface area contributed by atoms with Crippen molar-refractivity contribution in [3.05, 3.63) is 52.1 Å². The number of fused-ring (bicyclic) bond motifs is 1. The molecule has 1 atom stereocenters. The van der Waals surface area contributed by atoms with Gasteiger partial charge in [0.15, 0.2) is 17.2 Å². The minimum Gasteiger partial charge on any atom is -0.490 e. The van der Waals surface area contributed by atoms with Crippen LogP contribution in [0.25, 0.3) is 5.65 Å². The quantitative estimate of drug-likeness (QED) is 0.632. The second kappa shape index (κ2) is 8.47. The lowest BCUT2D eigenvalue weighted by molar-refractivity contribution is 0.0953. The predicted molar refractivity (Wildman–Crippen MR) is 101 cm³/mol. The monoisotopic (exact) mass is 380 g/mol. The number of hydrogen-bond acceptors (Lipinski definition) is 5. The molecule has 25 heavy (non-hydrogen) atoms. The Bertz CT molecular complexity index is 846. The maximum absolute atomic E-state index is 12.9. The fourth-order valence-corrected chi connectivity index (χ4v) is 3.62. The van der Waals surface area contributed by atoms with Gasteiger partial charge in [0.2, 0.25) is 0 Å². The third kappa shape index (κ3) is 3.86. The average Bonchev–Trinajstić information content (AvgIpc) is 3.20. The molecule has 0 bridgehead atoms. The largest absolute Gasteiger partial charge is 0.490 e. The van der Waals surface area contributed by atoms with E-state index in [2.05, 4.69) is 4.98 Å². The van der Waals surface area contributed by atoms with Crippen LogP contribution in [0, 0.1) is 6.92 Å². The van der Waals surface area contributed by atoms with Crippen LogP contribution in [-0.2, 0) is 0 Å². The van der Waals surface area contributed by atoms with Crippen molar-refractivity contribution in [2.24, 2.45) is 0 Å². The number of aliphatic hydroxyl groups is 1. The standard InChI is InChI=1S/C18H20N2O3S.ClH/c1-3-23-16-5-4-7-20-17(12(2)19-18(16)20)15(22)9-14(10-21)13-6-8-24-11-13;/h4-8,11,14,21H,3,9-10H2,1-2H3;1H/t14-;/m0./s1. The lowest BCUT2D eigenvalue weighted by Gasteiger charge is -2.12. The number of carbonyl (C=O) groups excluding carboxylic acids is 1. The van der Waals surface area contributed by atoms with Crippen molar-refractivity contribution >= 4 is 35.2 Å². The number of ketones is 1. The highest BCUT2D eigenvalue weighted by Gasteiger charge is 2.23. The number of aliphatic hydroxyl groups excluding tert-OH is 1. The summed E-state index contributed by atoms with van der Waals surface area (Å²) in [6, 6.07) is 5.65. The third-order valence-corrected chi connectivity index (χ3v) is 4.72. The molecule has 0 aromatic carbocycles. The Morgan fingerprint density at radius 1 is 1.44 bits per heavy atom. The Labute approximate surface area is 156 Å². The summed E-state index contributed by atoms with van der Waals surface area (Å²) >= 11 is 1.56. The van der Waals surface area contributed by atoms with Gasteiger partial charge in [0.1, 0.15) is 5.69 Å². The van der Waals surface area contributed by atoms with Gasteiger partial charge >= 0.3 is 0 Å². The van der Waals surface area contributed by atoms with Gasteiger partial charge in [-0.3, -0.25) is 9.20 Å². The molecular weight excluding hydrogens is 360 g/mol. The summed E-state index contributed by atoms with van der Waals surface area (Å²) < 4.78 is 7.38. The minimum absolute atomic E-state index is 0. The minimum atomic E-state index is -0.191. The van der Waals surface area contributed by atoms with Crippen molar-refractivity contribution in [1.29, 1.82) is 0 Å². The summed E-state index contributed by atoms with van der Waals surface area (Å²) in [5.41, 5.74) is 2.88. The van der Waals surface area contributed by atoms with Crippen molar-refractivity contribution in [3.8, 4) is 5.75 Å². The fourth-order valence-electron chi connectivity index (χ4n) is 2.88. The molecule has 0 fully saturated rings. The van der Waals surface area contributed by atoms with Crippen LogP contribution >= 0.6 is 23.7 Å². The molecule has 3 aromatic heterocycles. The van der Waals surface area contributed by atoms with Crippen LogP contribution in [0.2, 0.25) is 0 Å². The molecule has 3 heterocycles. The first-order chi connectivity index (χ1) is 11.7. The Morgan fingerprint density at radius 2 is 2.24 bits per heavy atom. The van der Waals surface area contributed by atoms with Crippen molar-refractivity contribution in [2.75, 3.05) is 13.2 Å². The first kappa shape index (κ1) is 19.4. The van der Waals surface area contributed by atoms with Gasteiger partial charge in [-0.2, -0.15) is 11.3 Å². The number of Topliss-reactive ketones (excluding diaryl/α,β-unsaturated/α-hetero) is 1. The number of halogens is 1. The van der Waals surface area contributed by atoms with Crippen LogP contribution in [0.1, 0.15) is 41.0 Å². The molecule has 0 radical (unpaired) electrons. The first-order valence-corrected chi connectivity index (χ1v) is 8.86. The lowest BCUT2D eigenvalue weighted by Crippen LogP contribution is -2.13. The Hall–Kier alpha value is -1.89. The van der Waals surface area contributed by atoms with Crippen molar-refractivity contribution in [2.45, 2.75) is 26.2 Å². The normalized spacial score (nSPS) is 12.0. The number of nitrogens with zero attached hydrogens (tertiary/aromatic N) is 2. The Kier molecular flexibility index (Phi) is 6.58. The smallest absolute Gasteiger partial charge is 0.182 e. The Balaban J connectivity index is 0.00000225. The Morgan fingerprint density at radius 3 is 2.88 bits per heavy atom. The molecule has 0 saturated carbocycles. The number of rotatable bonds is 7. The van der Waals surface area contributed by atoms with Crippen molar-refractivity contribution in [1.82, 2.24) is 9.38 Å². The van der Waals surface area contributed by atoms with Crippen LogP contribution in [0.4, 0.5) is 0 Å². The predicted octanol–water partition coefficient (Wildman–Crippen LogP) is 3.87. The van der Waals surface area contributed by atoms with E-state index >= 15 is 0 Å². The van der Waals surface area contributed by atoms with Crippen LogP contribution in [0.15, 0.2) is 35.2 Å². The van der Waals surface area contributed by atoms with Gasteiger partial charge in [0, 0.05) is 18.5 Å². The second-order valence-electron chi connectivity index (χ2n) is 5.61. The number of imidazole rings is 1. The van der Waals surface area contributed by atoms with E-state index in [4.69, 9.17) is 4.74 Å². The van der Waals surface area contributed by atoms with E-state index in [0.717, 1.165) is 5.56 Å². The summed E-state index contributed by atoms with van der Waals surface area (Å²) in [6.45, 7) is 4.23. The van der Waals surface area contributed by atoms with E-state index in [9.17, 15) is 9.90 Å². The number of thiophene rings is 1. The van der Waals surface area contributed by atoms with Gasteiger partial charge < -0.3 is 9.84 Å². The summed E-state index contributed by atoms with van der Waals surface area (Å²) in [7, 11) is 0. The molecular formula is C18H21ClN2O3S. The highest BCUT2D eigenvalue weighted by Crippen LogP contribution is 2.27. The number of ether oxygens (including phenoxy) is 1. The zero-order chi connectivity index (χ0) is 17.1. The van der Waals surface area contributed by atoms with E-state index in [-0.39, 0.29) is 37.1 Å². The van der Waals surface area contributed by atoms with Crippen LogP contribution < -0.4 is 4.74 Å². The van der Waals surface area contributed by atoms with Gasteiger partial charge in [0.05, 0.1) is 18.9 Å². The molecule has 3 aromatic rings. The fraction of sp³-hybridized carbons (Fsp3) is 0.333. The topological polar surface area (TPSA) is 63.8 Å². The molecule has 134 valence electrons. The van der Waals surface area contributed by atoms with Crippen LogP contribution in [0.3, 0.4) is 0 Å². The molecule has 7 heteroatoms. The number of hydrogen-bond donors (Lipinski definition) is 1. The zero-order valence-electron chi connectivity index (χ0n) is 14.1. The van der Waals surface area contributed by atoms with Gasteiger partial charge in [0.25, 0.3) is 0 Å². The van der Waals surface area contributed by atoms with E-state index in [1.54, 1.807) is 15.7 Å². The van der Waals surface area contributed by atoms with Crippen molar-refractivity contribution < 1.29 is 14.6 Å². The molecule has 0 aliphatic heterocycles. The second-order valence-corrected chi connectivity index (χ2v) is 6.39. The maximum Gasteiger partial charge on any atom is 0.182 e. The summed E-state index contributed by atoms with van der Waals surface area (Å²) in [6.07, 6.45) is 2.07. The molecule has 0 aliphatic rings. The van der Waals surface area contributed by atoms with E-state index in [0.29, 0.717) is 29.4 Å². The van der Waals surface area contributed by atoms with Gasteiger partial charge in [-0.15, -0.1) is 12.4 Å². The van der Waals surface area contributed by atoms with E-state index in [1.807, 2.05) is 49.0 Å². The molecule has 1 N–H and O–H groups in total. The average molecular weight is 381 g/mol. The summed E-state index contributed by atoms with van der Waals surface area (Å²) in [4.78, 5) is 17.4. The molecule has 0 saturated heterocycles. The summed E-state index contributed by atoms with van der Waals surface area (Å²) in [5, 5.41) is 13.6. The molecule has 5 nitrogen and oxygen atoms in total. The van der Waals surface area contributed by atoms with Gasteiger partial charge in [-0.25, -0.2) is 4.98 Å². The zero-order valence-corrected chi connectivity index (χ0v) is 15.8. The highest BCUT2D eigenvalue weighted by molar-refractivity contribution is 7.08. The van der Waals surface area contributed by atoms with Gasteiger partial charge in [-0.05, 0) is 48.4 Å².